The van der Waals surface area contributed by atoms with Crippen molar-refractivity contribution >= 4 is 0 Å². The van der Waals surface area contributed by atoms with Gasteiger partial charge in [-0.15, -0.1) is 0 Å². The lowest BCUT2D eigenvalue weighted by Crippen LogP contribution is -2.49. The fourth-order valence-electron chi connectivity index (χ4n) is 2.25. The Morgan fingerprint density at radius 2 is 2.00 bits per heavy atom. The fraction of sp³-hybridized carbons (Fsp3) is 1.00. The van der Waals surface area contributed by atoms with E-state index in [0.29, 0.717) is 6.04 Å². The summed E-state index contributed by atoms with van der Waals surface area (Å²) in [6.07, 6.45) is 4.03. The molecule has 2 N–H and O–H groups in total. The van der Waals surface area contributed by atoms with Crippen molar-refractivity contribution in [2.24, 2.45) is 0 Å². The highest BCUT2D eigenvalue weighted by molar-refractivity contribution is 4.93. The van der Waals surface area contributed by atoms with E-state index >= 15 is 0 Å². The smallest absolute Gasteiger partial charge is 0.0741 e. The Morgan fingerprint density at radius 3 is 2.53 bits per heavy atom. The summed E-state index contributed by atoms with van der Waals surface area (Å²) >= 11 is 0. The Hall–Kier alpha value is -0.120. The standard InChI is InChI=1S/C12H24N2O/c1-9(12(2,3)15)13-10-6-7-14(8-10)11-4-5-11/h9-11,13,15H,4-8H2,1-3H3. The monoisotopic (exact) mass is 212 g/mol. The van der Waals surface area contributed by atoms with E-state index < -0.39 is 5.60 Å². The molecule has 1 aliphatic heterocycles. The Kier molecular flexibility index (Phi) is 3.06. The second kappa shape index (κ2) is 4.04. The fourth-order valence-corrected chi connectivity index (χ4v) is 2.25. The molecule has 0 aromatic heterocycles. The first-order valence-corrected chi connectivity index (χ1v) is 6.19. The predicted molar refractivity (Wildman–Crippen MR) is 61.9 cm³/mol. The van der Waals surface area contributed by atoms with Crippen LogP contribution in [-0.4, -0.2) is 46.8 Å². The van der Waals surface area contributed by atoms with Crippen LogP contribution in [0.5, 0.6) is 0 Å². The third kappa shape index (κ3) is 2.92. The molecular formula is C12H24N2O. The maximum atomic E-state index is 9.86. The SMILES string of the molecule is CC(NC1CCN(C2CC2)C1)C(C)(C)O. The first-order chi connectivity index (χ1) is 6.97. The summed E-state index contributed by atoms with van der Waals surface area (Å²) < 4.78 is 0. The minimum Gasteiger partial charge on any atom is -0.389 e. The number of likely N-dealkylation sites (tertiary alicyclic amines) is 1. The van der Waals surface area contributed by atoms with Gasteiger partial charge in [-0.05, 0) is 40.0 Å². The Balaban J connectivity index is 1.76. The van der Waals surface area contributed by atoms with Crippen molar-refractivity contribution in [3.8, 4) is 0 Å². The van der Waals surface area contributed by atoms with Crippen molar-refractivity contribution in [1.82, 2.24) is 10.2 Å². The first-order valence-electron chi connectivity index (χ1n) is 6.19. The Morgan fingerprint density at radius 1 is 1.33 bits per heavy atom. The molecule has 0 amide bonds. The summed E-state index contributed by atoms with van der Waals surface area (Å²) in [7, 11) is 0. The number of nitrogens with zero attached hydrogens (tertiary/aromatic N) is 1. The van der Waals surface area contributed by atoms with Crippen LogP contribution in [0.25, 0.3) is 0 Å². The van der Waals surface area contributed by atoms with Crippen molar-refractivity contribution in [2.45, 2.75) is 63.8 Å². The molecule has 0 aromatic carbocycles. The minimum absolute atomic E-state index is 0.168. The maximum absolute atomic E-state index is 9.86. The lowest BCUT2D eigenvalue weighted by molar-refractivity contribution is 0.0401. The van der Waals surface area contributed by atoms with Crippen LogP contribution < -0.4 is 5.32 Å². The zero-order valence-electron chi connectivity index (χ0n) is 10.2. The molecule has 0 bridgehead atoms. The third-order valence-corrected chi connectivity index (χ3v) is 3.83. The zero-order chi connectivity index (χ0) is 11.1. The van der Waals surface area contributed by atoms with Gasteiger partial charge in [0.1, 0.15) is 0 Å². The summed E-state index contributed by atoms with van der Waals surface area (Å²) in [6, 6.07) is 1.63. The van der Waals surface area contributed by atoms with Gasteiger partial charge < -0.3 is 10.4 Å². The minimum atomic E-state index is -0.618. The van der Waals surface area contributed by atoms with E-state index in [4.69, 9.17) is 0 Å². The highest BCUT2D eigenvalue weighted by atomic mass is 16.3. The van der Waals surface area contributed by atoms with Gasteiger partial charge in [0.15, 0.2) is 0 Å². The number of aliphatic hydroxyl groups is 1. The molecule has 0 radical (unpaired) electrons. The molecular weight excluding hydrogens is 188 g/mol. The summed E-state index contributed by atoms with van der Waals surface area (Å²) in [6.45, 7) is 8.22. The van der Waals surface area contributed by atoms with E-state index in [9.17, 15) is 5.11 Å². The van der Waals surface area contributed by atoms with Crippen molar-refractivity contribution in [3.63, 3.8) is 0 Å². The van der Waals surface area contributed by atoms with Crippen molar-refractivity contribution in [2.75, 3.05) is 13.1 Å². The molecule has 2 fully saturated rings. The van der Waals surface area contributed by atoms with Crippen LogP contribution in [0.1, 0.15) is 40.0 Å². The van der Waals surface area contributed by atoms with Crippen molar-refractivity contribution in [3.05, 3.63) is 0 Å². The highest BCUT2D eigenvalue weighted by Crippen LogP contribution is 2.30. The van der Waals surface area contributed by atoms with Gasteiger partial charge in [-0.2, -0.15) is 0 Å². The molecule has 0 spiro atoms. The molecule has 15 heavy (non-hydrogen) atoms. The van der Waals surface area contributed by atoms with Gasteiger partial charge in [0.25, 0.3) is 0 Å². The van der Waals surface area contributed by atoms with Crippen LogP contribution in [0, 0.1) is 0 Å². The van der Waals surface area contributed by atoms with E-state index in [2.05, 4.69) is 17.1 Å². The third-order valence-electron chi connectivity index (χ3n) is 3.83. The van der Waals surface area contributed by atoms with E-state index in [1.54, 1.807) is 0 Å². The van der Waals surface area contributed by atoms with E-state index in [-0.39, 0.29) is 6.04 Å². The average molecular weight is 212 g/mol. The van der Waals surface area contributed by atoms with Gasteiger partial charge >= 0.3 is 0 Å². The van der Waals surface area contributed by atoms with Gasteiger partial charge in [0, 0.05) is 31.2 Å². The number of nitrogens with one attached hydrogen (secondary N) is 1. The van der Waals surface area contributed by atoms with Crippen molar-refractivity contribution < 1.29 is 5.11 Å². The Bertz CT molecular complexity index is 220. The first kappa shape index (κ1) is 11.4. The van der Waals surface area contributed by atoms with Gasteiger partial charge in [-0.25, -0.2) is 0 Å². The van der Waals surface area contributed by atoms with Gasteiger partial charge in [-0.3, -0.25) is 4.90 Å². The molecule has 2 atom stereocenters. The molecule has 2 rings (SSSR count). The molecule has 3 nitrogen and oxygen atoms in total. The van der Waals surface area contributed by atoms with Crippen LogP contribution in [0.2, 0.25) is 0 Å². The number of hydrogen-bond acceptors (Lipinski definition) is 3. The van der Waals surface area contributed by atoms with Gasteiger partial charge in [-0.1, -0.05) is 0 Å². The molecule has 1 saturated carbocycles. The molecule has 3 heteroatoms. The largest absolute Gasteiger partial charge is 0.389 e. The molecule has 1 heterocycles. The average Bonchev–Trinajstić information content (AvgIpc) is 2.87. The van der Waals surface area contributed by atoms with Crippen LogP contribution >= 0.6 is 0 Å². The van der Waals surface area contributed by atoms with Gasteiger partial charge in [0.05, 0.1) is 5.60 Å². The predicted octanol–water partition coefficient (Wildman–Crippen LogP) is 0.972. The second-order valence-corrected chi connectivity index (χ2v) is 5.75. The maximum Gasteiger partial charge on any atom is 0.0741 e. The van der Waals surface area contributed by atoms with Crippen LogP contribution in [-0.2, 0) is 0 Å². The normalized spacial score (nSPS) is 30.8. The highest BCUT2D eigenvalue weighted by Gasteiger charge is 2.35. The molecule has 2 unspecified atom stereocenters. The second-order valence-electron chi connectivity index (χ2n) is 5.75. The van der Waals surface area contributed by atoms with Crippen LogP contribution in [0.3, 0.4) is 0 Å². The van der Waals surface area contributed by atoms with E-state index in [1.807, 2.05) is 13.8 Å². The summed E-state index contributed by atoms with van der Waals surface area (Å²) in [5.41, 5.74) is -0.618. The topological polar surface area (TPSA) is 35.5 Å². The van der Waals surface area contributed by atoms with Crippen LogP contribution in [0.4, 0.5) is 0 Å². The van der Waals surface area contributed by atoms with Crippen molar-refractivity contribution in [1.29, 1.82) is 0 Å². The Labute approximate surface area is 92.8 Å². The molecule has 0 aromatic rings. The number of hydrogen-bond donors (Lipinski definition) is 2. The van der Waals surface area contributed by atoms with Crippen LogP contribution in [0.15, 0.2) is 0 Å². The zero-order valence-corrected chi connectivity index (χ0v) is 10.2. The molecule has 2 aliphatic rings. The molecule has 1 aliphatic carbocycles. The van der Waals surface area contributed by atoms with E-state index in [0.717, 1.165) is 6.04 Å². The summed E-state index contributed by atoms with van der Waals surface area (Å²) in [5.74, 6) is 0. The molecule has 1 saturated heterocycles. The lowest BCUT2D eigenvalue weighted by atomic mass is 10.00. The van der Waals surface area contributed by atoms with E-state index in [1.165, 1.54) is 32.4 Å². The quantitative estimate of drug-likeness (QED) is 0.729. The van der Waals surface area contributed by atoms with Gasteiger partial charge in [0.2, 0.25) is 0 Å². The lowest BCUT2D eigenvalue weighted by Gasteiger charge is -2.29. The number of rotatable bonds is 4. The summed E-state index contributed by atoms with van der Waals surface area (Å²) in [5, 5.41) is 13.4. The summed E-state index contributed by atoms with van der Waals surface area (Å²) in [4.78, 5) is 2.59. The molecule has 88 valence electrons.